The van der Waals surface area contributed by atoms with Crippen LogP contribution in [0.4, 0.5) is 5.69 Å². The molecular weight excluding hydrogens is 318 g/mol. The highest BCUT2D eigenvalue weighted by molar-refractivity contribution is 5.99. The highest BCUT2D eigenvalue weighted by atomic mass is 16.5. The van der Waals surface area contributed by atoms with Gasteiger partial charge in [0, 0.05) is 31.5 Å². The monoisotopic (exact) mass is 347 g/mol. The topological polar surface area (TPSA) is 84.7 Å². The maximum atomic E-state index is 12.8. The van der Waals surface area contributed by atoms with Crippen LogP contribution in [-0.2, 0) is 9.53 Å². The highest BCUT2D eigenvalue weighted by Gasteiger charge is 2.26. The van der Waals surface area contributed by atoms with Crippen molar-refractivity contribution in [3.05, 3.63) is 29.3 Å². The molecule has 0 radical (unpaired) electrons. The summed E-state index contributed by atoms with van der Waals surface area (Å²) in [5.41, 5.74) is 7.84. The van der Waals surface area contributed by atoms with Gasteiger partial charge in [0.15, 0.2) is 0 Å². The van der Waals surface area contributed by atoms with Crippen LogP contribution < -0.4 is 11.1 Å². The third-order valence-corrected chi connectivity index (χ3v) is 4.58. The molecule has 138 valence electrons. The second kappa shape index (κ2) is 8.45. The molecule has 2 amide bonds. The van der Waals surface area contributed by atoms with E-state index in [1.807, 2.05) is 24.0 Å². The normalized spacial score (nSPS) is 21.7. The average Bonchev–Trinajstić information content (AvgIpc) is 2.55. The number of amides is 2. The van der Waals surface area contributed by atoms with E-state index in [1.54, 1.807) is 6.07 Å². The van der Waals surface area contributed by atoms with Crippen molar-refractivity contribution in [2.45, 2.75) is 33.2 Å². The fraction of sp³-hybridized carbons (Fsp3) is 0.579. The Bertz CT molecular complexity index is 622. The average molecular weight is 347 g/mol. The first-order valence-electron chi connectivity index (χ1n) is 8.77. The van der Waals surface area contributed by atoms with Crippen LogP contribution in [0.1, 0.15) is 36.2 Å². The zero-order valence-corrected chi connectivity index (χ0v) is 15.5. The standard InChI is InChI=1S/C19H29N3O3/c1-12-7-13(2)10-22(9-12)19(24)15-6-5-14(3)17(8-15)21-18(23)16(20)11-25-4/h5-6,8,12-13,16H,7,9-11,20H2,1-4H3,(H,21,23). The number of carbonyl (C=O) groups is 2. The first-order chi connectivity index (χ1) is 11.8. The zero-order chi connectivity index (χ0) is 18.6. The van der Waals surface area contributed by atoms with Crippen LogP contribution in [0.2, 0.25) is 0 Å². The fourth-order valence-electron chi connectivity index (χ4n) is 3.38. The van der Waals surface area contributed by atoms with Crippen LogP contribution in [0, 0.1) is 18.8 Å². The minimum atomic E-state index is -0.743. The predicted octanol–water partition coefficient (Wildman–Crippen LogP) is 2.03. The number of ether oxygens (including phenoxy) is 1. The molecule has 0 saturated carbocycles. The Morgan fingerprint density at radius 3 is 2.56 bits per heavy atom. The number of benzene rings is 1. The second-order valence-electron chi connectivity index (χ2n) is 7.24. The number of rotatable bonds is 5. The lowest BCUT2D eigenvalue weighted by molar-refractivity contribution is -0.118. The summed E-state index contributed by atoms with van der Waals surface area (Å²) in [6, 6.07) is 4.65. The smallest absolute Gasteiger partial charge is 0.253 e. The summed E-state index contributed by atoms with van der Waals surface area (Å²) in [7, 11) is 1.50. The lowest BCUT2D eigenvalue weighted by atomic mass is 9.91. The molecule has 1 aromatic rings. The number of nitrogens with two attached hydrogens (primary N) is 1. The van der Waals surface area contributed by atoms with E-state index in [4.69, 9.17) is 10.5 Å². The Hall–Kier alpha value is -1.92. The molecule has 0 bridgehead atoms. The number of likely N-dealkylation sites (tertiary alicyclic amines) is 1. The van der Waals surface area contributed by atoms with Crippen molar-refractivity contribution in [3.63, 3.8) is 0 Å². The van der Waals surface area contributed by atoms with Crippen molar-refractivity contribution in [2.24, 2.45) is 17.6 Å². The van der Waals surface area contributed by atoms with Gasteiger partial charge in [0.05, 0.1) is 6.61 Å². The first-order valence-corrected chi connectivity index (χ1v) is 8.77. The van der Waals surface area contributed by atoms with E-state index in [-0.39, 0.29) is 18.4 Å². The Kier molecular flexibility index (Phi) is 6.56. The minimum absolute atomic E-state index is 0.00934. The lowest BCUT2D eigenvalue weighted by Gasteiger charge is -2.35. The molecule has 1 heterocycles. The van der Waals surface area contributed by atoms with Crippen molar-refractivity contribution in [2.75, 3.05) is 32.1 Å². The number of anilines is 1. The molecule has 6 heteroatoms. The third-order valence-electron chi connectivity index (χ3n) is 4.58. The van der Waals surface area contributed by atoms with Gasteiger partial charge in [-0.25, -0.2) is 0 Å². The van der Waals surface area contributed by atoms with Gasteiger partial charge < -0.3 is 20.7 Å². The summed E-state index contributed by atoms with van der Waals surface area (Å²) in [5, 5.41) is 2.80. The van der Waals surface area contributed by atoms with Crippen molar-refractivity contribution >= 4 is 17.5 Å². The molecule has 1 fully saturated rings. The van der Waals surface area contributed by atoms with Crippen molar-refractivity contribution < 1.29 is 14.3 Å². The van der Waals surface area contributed by atoms with Gasteiger partial charge >= 0.3 is 0 Å². The van der Waals surface area contributed by atoms with Gasteiger partial charge in [-0.15, -0.1) is 0 Å². The number of nitrogens with zero attached hydrogens (tertiary/aromatic N) is 1. The summed E-state index contributed by atoms with van der Waals surface area (Å²) < 4.78 is 4.91. The number of hydrogen-bond donors (Lipinski definition) is 2. The maximum Gasteiger partial charge on any atom is 0.253 e. The summed E-state index contributed by atoms with van der Waals surface area (Å²) >= 11 is 0. The molecule has 3 N–H and O–H groups in total. The molecule has 1 aliphatic rings. The molecule has 1 saturated heterocycles. The Morgan fingerprint density at radius 1 is 1.32 bits per heavy atom. The number of hydrogen-bond acceptors (Lipinski definition) is 4. The van der Waals surface area contributed by atoms with E-state index in [2.05, 4.69) is 19.2 Å². The van der Waals surface area contributed by atoms with E-state index in [9.17, 15) is 9.59 Å². The van der Waals surface area contributed by atoms with E-state index >= 15 is 0 Å². The maximum absolute atomic E-state index is 12.8. The van der Waals surface area contributed by atoms with E-state index < -0.39 is 6.04 Å². The Balaban J connectivity index is 2.14. The van der Waals surface area contributed by atoms with Crippen LogP contribution in [-0.4, -0.2) is 49.6 Å². The largest absolute Gasteiger partial charge is 0.383 e. The SMILES string of the molecule is COCC(N)C(=O)Nc1cc(C(=O)N2CC(C)CC(C)C2)ccc1C. The molecule has 0 spiro atoms. The number of methoxy groups -OCH3 is 1. The van der Waals surface area contributed by atoms with Crippen molar-refractivity contribution in [1.82, 2.24) is 4.90 Å². The van der Waals surface area contributed by atoms with E-state index in [0.717, 1.165) is 25.1 Å². The van der Waals surface area contributed by atoms with Gasteiger partial charge in [-0.2, -0.15) is 0 Å². The van der Waals surface area contributed by atoms with E-state index in [1.165, 1.54) is 7.11 Å². The molecule has 6 nitrogen and oxygen atoms in total. The van der Waals surface area contributed by atoms with Gasteiger partial charge in [0.25, 0.3) is 5.91 Å². The molecule has 2 rings (SSSR count). The molecule has 0 aromatic heterocycles. The molecule has 3 unspecified atom stereocenters. The predicted molar refractivity (Wildman–Crippen MR) is 98.5 cm³/mol. The number of carbonyl (C=O) groups excluding carboxylic acids is 2. The Morgan fingerprint density at radius 2 is 1.96 bits per heavy atom. The second-order valence-corrected chi connectivity index (χ2v) is 7.24. The summed E-state index contributed by atoms with van der Waals surface area (Å²) in [6.07, 6.45) is 1.15. The van der Waals surface area contributed by atoms with E-state index in [0.29, 0.717) is 23.1 Å². The zero-order valence-electron chi connectivity index (χ0n) is 15.5. The number of piperidine rings is 1. The van der Waals surface area contributed by atoms with Crippen LogP contribution in [0.3, 0.4) is 0 Å². The lowest BCUT2D eigenvalue weighted by Crippen LogP contribution is -2.42. The fourth-order valence-corrected chi connectivity index (χ4v) is 3.38. The van der Waals surface area contributed by atoms with Crippen LogP contribution in [0.25, 0.3) is 0 Å². The number of nitrogens with one attached hydrogen (secondary N) is 1. The highest BCUT2D eigenvalue weighted by Crippen LogP contribution is 2.24. The number of aryl methyl sites for hydroxylation is 1. The first kappa shape index (κ1) is 19.4. The van der Waals surface area contributed by atoms with Crippen LogP contribution in [0.5, 0.6) is 0 Å². The van der Waals surface area contributed by atoms with Gasteiger partial charge in [-0.05, 0) is 42.9 Å². The van der Waals surface area contributed by atoms with Crippen molar-refractivity contribution in [3.8, 4) is 0 Å². The molecule has 0 aliphatic carbocycles. The van der Waals surface area contributed by atoms with Gasteiger partial charge in [0.1, 0.15) is 6.04 Å². The van der Waals surface area contributed by atoms with Gasteiger partial charge in [-0.3, -0.25) is 9.59 Å². The molecule has 25 heavy (non-hydrogen) atoms. The minimum Gasteiger partial charge on any atom is -0.383 e. The Labute approximate surface area is 149 Å². The molecular formula is C19H29N3O3. The molecule has 1 aromatic carbocycles. The summed E-state index contributed by atoms with van der Waals surface area (Å²) in [6.45, 7) is 7.93. The molecule has 3 atom stereocenters. The van der Waals surface area contributed by atoms with Crippen molar-refractivity contribution in [1.29, 1.82) is 0 Å². The van der Waals surface area contributed by atoms with Gasteiger partial charge in [-0.1, -0.05) is 19.9 Å². The third kappa shape index (κ3) is 5.03. The van der Waals surface area contributed by atoms with Gasteiger partial charge in [0.2, 0.25) is 5.91 Å². The summed E-state index contributed by atoms with van der Waals surface area (Å²) in [4.78, 5) is 26.9. The molecule has 1 aliphatic heterocycles. The quantitative estimate of drug-likeness (QED) is 0.853. The summed E-state index contributed by atoms with van der Waals surface area (Å²) in [5.74, 6) is 0.693. The van der Waals surface area contributed by atoms with Crippen LogP contribution in [0.15, 0.2) is 18.2 Å². The van der Waals surface area contributed by atoms with Crippen LogP contribution >= 0.6 is 0 Å².